The van der Waals surface area contributed by atoms with E-state index in [0.29, 0.717) is 18.5 Å². The fourth-order valence-electron chi connectivity index (χ4n) is 2.63. The van der Waals surface area contributed by atoms with Crippen molar-refractivity contribution in [2.75, 3.05) is 20.1 Å². The predicted molar refractivity (Wildman–Crippen MR) is 75.3 cm³/mol. The molecule has 1 fully saturated rings. The Bertz CT molecular complexity index is 249. The maximum atomic E-state index is 11.7. The molecule has 0 saturated heterocycles. The first-order valence-electron chi connectivity index (χ1n) is 7.24. The average Bonchev–Trinajstić information content (AvgIpc) is 2.81. The van der Waals surface area contributed by atoms with E-state index in [1.165, 1.54) is 25.7 Å². The number of likely N-dealkylation sites (N-methyl/N-ethyl adjacent to an activating group) is 1. The zero-order valence-electron chi connectivity index (χ0n) is 12.1. The third-order valence-electron chi connectivity index (χ3n) is 3.77. The fraction of sp³-hybridized carbons (Fsp3) is 0.929. The van der Waals surface area contributed by atoms with Crippen molar-refractivity contribution >= 4 is 5.91 Å². The second-order valence-corrected chi connectivity index (χ2v) is 5.95. The van der Waals surface area contributed by atoms with Crippen LogP contribution in [0.4, 0.5) is 0 Å². The van der Waals surface area contributed by atoms with Gasteiger partial charge in [0.15, 0.2) is 0 Å². The molecule has 0 aromatic heterocycles. The SMILES string of the molecule is CC(C)C[C@H](N)C(=O)NCCN(C)C1CCCC1. The van der Waals surface area contributed by atoms with Crippen molar-refractivity contribution in [2.45, 2.75) is 58.0 Å². The minimum atomic E-state index is -0.359. The molecule has 0 spiro atoms. The van der Waals surface area contributed by atoms with Gasteiger partial charge in [-0.1, -0.05) is 26.7 Å². The quantitative estimate of drug-likeness (QED) is 0.722. The Morgan fingerprint density at radius 3 is 2.56 bits per heavy atom. The van der Waals surface area contributed by atoms with Gasteiger partial charge in [0.05, 0.1) is 6.04 Å². The van der Waals surface area contributed by atoms with Gasteiger partial charge >= 0.3 is 0 Å². The Morgan fingerprint density at radius 1 is 1.39 bits per heavy atom. The van der Waals surface area contributed by atoms with Crippen LogP contribution in [0.1, 0.15) is 46.0 Å². The van der Waals surface area contributed by atoms with Gasteiger partial charge in [-0.2, -0.15) is 0 Å². The van der Waals surface area contributed by atoms with E-state index in [-0.39, 0.29) is 11.9 Å². The topological polar surface area (TPSA) is 58.4 Å². The van der Waals surface area contributed by atoms with Crippen LogP contribution in [-0.4, -0.2) is 43.0 Å². The molecule has 0 aromatic carbocycles. The molecule has 1 aliphatic rings. The summed E-state index contributed by atoms with van der Waals surface area (Å²) in [5.41, 5.74) is 5.83. The number of nitrogens with two attached hydrogens (primary N) is 1. The molecular weight excluding hydrogens is 226 g/mol. The number of rotatable bonds is 7. The molecule has 0 heterocycles. The highest BCUT2D eigenvalue weighted by Crippen LogP contribution is 2.21. The fourth-order valence-corrected chi connectivity index (χ4v) is 2.63. The summed E-state index contributed by atoms with van der Waals surface area (Å²) in [5, 5.41) is 2.94. The Kier molecular flexibility index (Phi) is 6.65. The lowest BCUT2D eigenvalue weighted by Gasteiger charge is -2.24. The highest BCUT2D eigenvalue weighted by Gasteiger charge is 2.19. The molecule has 3 N–H and O–H groups in total. The van der Waals surface area contributed by atoms with Crippen molar-refractivity contribution in [3.05, 3.63) is 0 Å². The number of nitrogens with one attached hydrogen (secondary N) is 1. The van der Waals surface area contributed by atoms with E-state index in [0.717, 1.165) is 13.0 Å². The zero-order chi connectivity index (χ0) is 13.5. The van der Waals surface area contributed by atoms with Crippen LogP contribution >= 0.6 is 0 Å². The maximum Gasteiger partial charge on any atom is 0.236 e. The number of carbonyl (C=O) groups excluding carboxylic acids is 1. The lowest BCUT2D eigenvalue weighted by molar-refractivity contribution is -0.122. The molecule has 0 unspecified atom stereocenters. The lowest BCUT2D eigenvalue weighted by atomic mass is 10.0. The molecular formula is C14H29N3O. The van der Waals surface area contributed by atoms with E-state index in [1.54, 1.807) is 0 Å². The van der Waals surface area contributed by atoms with Crippen molar-refractivity contribution in [1.29, 1.82) is 0 Å². The first-order chi connectivity index (χ1) is 8.50. The highest BCUT2D eigenvalue weighted by atomic mass is 16.2. The minimum absolute atomic E-state index is 0.0106. The van der Waals surface area contributed by atoms with Crippen LogP contribution in [0.3, 0.4) is 0 Å². The van der Waals surface area contributed by atoms with Crippen LogP contribution in [0, 0.1) is 5.92 Å². The van der Waals surface area contributed by atoms with Crippen LogP contribution in [0.2, 0.25) is 0 Å². The highest BCUT2D eigenvalue weighted by molar-refractivity contribution is 5.81. The summed E-state index contributed by atoms with van der Waals surface area (Å²) in [6.45, 7) is 5.80. The Hall–Kier alpha value is -0.610. The Morgan fingerprint density at radius 2 is 2.00 bits per heavy atom. The first-order valence-corrected chi connectivity index (χ1v) is 7.24. The summed E-state index contributed by atoms with van der Waals surface area (Å²) < 4.78 is 0. The van der Waals surface area contributed by atoms with Crippen molar-refractivity contribution in [2.24, 2.45) is 11.7 Å². The van der Waals surface area contributed by atoms with Gasteiger partial charge in [-0.05, 0) is 32.2 Å². The van der Waals surface area contributed by atoms with Gasteiger partial charge in [0, 0.05) is 19.1 Å². The molecule has 18 heavy (non-hydrogen) atoms. The predicted octanol–water partition coefficient (Wildman–Crippen LogP) is 1.35. The van der Waals surface area contributed by atoms with Gasteiger partial charge in [-0.15, -0.1) is 0 Å². The second-order valence-electron chi connectivity index (χ2n) is 5.95. The normalized spacial score (nSPS) is 18.6. The number of hydrogen-bond acceptors (Lipinski definition) is 3. The van der Waals surface area contributed by atoms with E-state index < -0.39 is 0 Å². The second kappa shape index (κ2) is 7.74. The molecule has 106 valence electrons. The molecule has 0 aliphatic heterocycles. The van der Waals surface area contributed by atoms with Crippen molar-refractivity contribution in [1.82, 2.24) is 10.2 Å². The lowest BCUT2D eigenvalue weighted by Crippen LogP contribution is -2.44. The molecule has 1 aliphatic carbocycles. The van der Waals surface area contributed by atoms with Gasteiger partial charge in [0.2, 0.25) is 5.91 Å². The van der Waals surface area contributed by atoms with Crippen LogP contribution in [0.15, 0.2) is 0 Å². The number of hydrogen-bond donors (Lipinski definition) is 2. The summed E-state index contributed by atoms with van der Waals surface area (Å²) in [4.78, 5) is 14.1. The average molecular weight is 255 g/mol. The van der Waals surface area contributed by atoms with E-state index in [4.69, 9.17) is 5.73 Å². The van der Waals surface area contributed by atoms with Crippen molar-refractivity contribution < 1.29 is 4.79 Å². The van der Waals surface area contributed by atoms with E-state index in [1.807, 2.05) is 0 Å². The monoisotopic (exact) mass is 255 g/mol. The molecule has 1 rings (SSSR count). The van der Waals surface area contributed by atoms with Crippen LogP contribution < -0.4 is 11.1 Å². The van der Waals surface area contributed by atoms with E-state index in [9.17, 15) is 4.79 Å². The molecule has 1 atom stereocenters. The van der Waals surface area contributed by atoms with Gasteiger partial charge in [0.1, 0.15) is 0 Å². The maximum absolute atomic E-state index is 11.7. The summed E-state index contributed by atoms with van der Waals surface area (Å²) in [6.07, 6.45) is 6.06. The minimum Gasteiger partial charge on any atom is -0.353 e. The summed E-state index contributed by atoms with van der Waals surface area (Å²) >= 11 is 0. The molecule has 4 heteroatoms. The van der Waals surface area contributed by atoms with Crippen LogP contribution in [-0.2, 0) is 4.79 Å². The van der Waals surface area contributed by atoms with Gasteiger partial charge in [0.25, 0.3) is 0 Å². The largest absolute Gasteiger partial charge is 0.353 e. The third kappa shape index (κ3) is 5.36. The smallest absolute Gasteiger partial charge is 0.236 e. The van der Waals surface area contributed by atoms with E-state index in [2.05, 4.69) is 31.1 Å². The molecule has 0 bridgehead atoms. The van der Waals surface area contributed by atoms with Gasteiger partial charge in [-0.3, -0.25) is 4.79 Å². The third-order valence-corrected chi connectivity index (χ3v) is 3.77. The molecule has 1 amide bonds. The standard InChI is InChI=1S/C14H29N3O/c1-11(2)10-13(15)14(18)16-8-9-17(3)12-6-4-5-7-12/h11-13H,4-10,15H2,1-3H3,(H,16,18)/t13-/m0/s1. The molecule has 0 aromatic rings. The summed E-state index contributed by atoms with van der Waals surface area (Å²) in [7, 11) is 2.15. The molecule has 1 saturated carbocycles. The van der Waals surface area contributed by atoms with Crippen molar-refractivity contribution in [3.63, 3.8) is 0 Å². The van der Waals surface area contributed by atoms with Crippen LogP contribution in [0.25, 0.3) is 0 Å². The Labute approximate surface area is 111 Å². The molecule has 0 radical (unpaired) electrons. The molecule has 4 nitrogen and oxygen atoms in total. The van der Waals surface area contributed by atoms with Gasteiger partial charge < -0.3 is 16.0 Å². The summed E-state index contributed by atoms with van der Waals surface area (Å²) in [5.74, 6) is 0.454. The summed E-state index contributed by atoms with van der Waals surface area (Å²) in [6, 6.07) is 0.355. The number of amides is 1. The van der Waals surface area contributed by atoms with E-state index >= 15 is 0 Å². The zero-order valence-corrected chi connectivity index (χ0v) is 12.1. The Balaban J connectivity index is 2.14. The number of nitrogens with zero attached hydrogens (tertiary/aromatic N) is 1. The first kappa shape index (κ1) is 15.4. The van der Waals surface area contributed by atoms with Gasteiger partial charge in [-0.25, -0.2) is 0 Å². The van der Waals surface area contributed by atoms with Crippen LogP contribution in [0.5, 0.6) is 0 Å². The van der Waals surface area contributed by atoms with Crippen molar-refractivity contribution in [3.8, 4) is 0 Å². The number of carbonyl (C=O) groups is 1.